The molecule has 1 aliphatic rings. The number of aliphatic hydroxyl groups excluding tert-OH is 1. The molecule has 2 aromatic rings. The van der Waals surface area contributed by atoms with E-state index in [0.717, 1.165) is 17.7 Å². The van der Waals surface area contributed by atoms with Crippen LogP contribution in [0, 0.1) is 17.6 Å². The standard InChI is InChI=1S/C18H17ClF2OS/c19-12-4-6-13(7-5-12)23-18-11(10-22)2-1-3-14-15(20)8-9-16(21)17(14)18/h4-9,11,18,22H,1-3,10H2/t11-,18-/m0/s1. The molecule has 0 amide bonds. The minimum Gasteiger partial charge on any atom is -0.396 e. The number of fused-ring (bicyclic) bond motifs is 1. The zero-order valence-electron chi connectivity index (χ0n) is 12.4. The Morgan fingerprint density at radius 3 is 2.48 bits per heavy atom. The van der Waals surface area contributed by atoms with E-state index in [9.17, 15) is 13.9 Å². The van der Waals surface area contributed by atoms with Crippen molar-refractivity contribution in [1.82, 2.24) is 0 Å². The van der Waals surface area contributed by atoms with Gasteiger partial charge in [0.25, 0.3) is 0 Å². The highest BCUT2D eigenvalue weighted by Crippen LogP contribution is 2.47. The molecule has 0 saturated heterocycles. The Labute approximate surface area is 143 Å². The summed E-state index contributed by atoms with van der Waals surface area (Å²) in [6, 6.07) is 9.65. The van der Waals surface area contributed by atoms with Gasteiger partial charge >= 0.3 is 0 Å². The molecule has 0 fully saturated rings. The van der Waals surface area contributed by atoms with E-state index >= 15 is 0 Å². The zero-order valence-corrected chi connectivity index (χ0v) is 14.0. The van der Waals surface area contributed by atoms with Gasteiger partial charge in [-0.05, 0) is 67.1 Å². The molecule has 0 aliphatic heterocycles. The van der Waals surface area contributed by atoms with E-state index < -0.39 is 5.82 Å². The van der Waals surface area contributed by atoms with E-state index in [1.54, 1.807) is 12.1 Å². The number of hydrogen-bond donors (Lipinski definition) is 1. The van der Waals surface area contributed by atoms with E-state index in [0.29, 0.717) is 22.6 Å². The van der Waals surface area contributed by atoms with E-state index in [1.165, 1.54) is 23.9 Å². The van der Waals surface area contributed by atoms with Crippen molar-refractivity contribution in [3.8, 4) is 0 Å². The topological polar surface area (TPSA) is 20.2 Å². The molecule has 0 unspecified atom stereocenters. The molecule has 0 heterocycles. The Bertz CT molecular complexity index is 690. The van der Waals surface area contributed by atoms with Crippen LogP contribution in [0.1, 0.15) is 29.2 Å². The van der Waals surface area contributed by atoms with E-state index in [1.807, 2.05) is 12.1 Å². The molecule has 0 spiro atoms. The normalized spacial score (nSPS) is 20.9. The van der Waals surface area contributed by atoms with Gasteiger partial charge in [0.2, 0.25) is 0 Å². The van der Waals surface area contributed by atoms with Crippen molar-refractivity contribution >= 4 is 23.4 Å². The van der Waals surface area contributed by atoms with Crippen molar-refractivity contribution in [3.05, 3.63) is 64.2 Å². The fourth-order valence-electron chi connectivity index (χ4n) is 3.10. The minimum absolute atomic E-state index is 0.0410. The molecule has 0 aromatic heterocycles. The molecular weight excluding hydrogens is 338 g/mol. The molecule has 0 bridgehead atoms. The molecule has 2 aromatic carbocycles. The Balaban J connectivity index is 2.04. The lowest BCUT2D eigenvalue weighted by Gasteiger charge is -2.25. The van der Waals surface area contributed by atoms with Crippen molar-refractivity contribution in [3.63, 3.8) is 0 Å². The quantitative estimate of drug-likeness (QED) is 0.745. The summed E-state index contributed by atoms with van der Waals surface area (Å²) in [5.41, 5.74) is 0.855. The summed E-state index contributed by atoms with van der Waals surface area (Å²) in [5, 5.41) is 10.1. The lowest BCUT2D eigenvalue weighted by molar-refractivity contribution is 0.215. The molecule has 1 N–H and O–H groups in total. The van der Waals surface area contributed by atoms with Crippen LogP contribution in [-0.4, -0.2) is 11.7 Å². The second-order valence-electron chi connectivity index (χ2n) is 5.75. The van der Waals surface area contributed by atoms with Crippen LogP contribution in [0.2, 0.25) is 5.02 Å². The first kappa shape index (κ1) is 16.7. The predicted molar refractivity (Wildman–Crippen MR) is 89.9 cm³/mol. The third-order valence-electron chi connectivity index (χ3n) is 4.27. The maximum Gasteiger partial charge on any atom is 0.128 e. The maximum atomic E-state index is 14.5. The largest absolute Gasteiger partial charge is 0.396 e. The second-order valence-corrected chi connectivity index (χ2v) is 7.40. The lowest BCUT2D eigenvalue weighted by atomic mass is 9.96. The van der Waals surface area contributed by atoms with Crippen molar-refractivity contribution in [2.24, 2.45) is 5.92 Å². The van der Waals surface area contributed by atoms with Crippen LogP contribution in [0.15, 0.2) is 41.3 Å². The summed E-state index contributed by atoms with van der Waals surface area (Å²) in [6.07, 6.45) is 2.00. The first-order valence-corrected chi connectivity index (χ1v) is 8.85. The molecule has 0 saturated carbocycles. The van der Waals surface area contributed by atoms with Crippen LogP contribution in [0.25, 0.3) is 0 Å². The monoisotopic (exact) mass is 354 g/mol. The van der Waals surface area contributed by atoms with E-state index in [2.05, 4.69) is 0 Å². The summed E-state index contributed by atoms with van der Waals surface area (Å²) < 4.78 is 28.6. The van der Waals surface area contributed by atoms with Gasteiger partial charge in [0, 0.05) is 27.3 Å². The molecule has 5 heteroatoms. The van der Waals surface area contributed by atoms with Gasteiger partial charge in [0.1, 0.15) is 11.6 Å². The third kappa shape index (κ3) is 3.54. The van der Waals surface area contributed by atoms with Gasteiger partial charge < -0.3 is 5.11 Å². The van der Waals surface area contributed by atoms with Gasteiger partial charge in [-0.1, -0.05) is 11.6 Å². The highest BCUT2D eigenvalue weighted by Gasteiger charge is 2.32. The Kier molecular flexibility index (Phi) is 5.24. The smallest absolute Gasteiger partial charge is 0.128 e. The van der Waals surface area contributed by atoms with Crippen LogP contribution in [-0.2, 0) is 6.42 Å². The number of rotatable bonds is 3. The Morgan fingerprint density at radius 1 is 1.09 bits per heavy atom. The lowest BCUT2D eigenvalue weighted by Crippen LogP contribution is -2.15. The van der Waals surface area contributed by atoms with Crippen molar-refractivity contribution in [2.45, 2.75) is 29.4 Å². The van der Waals surface area contributed by atoms with Crippen molar-refractivity contribution in [1.29, 1.82) is 0 Å². The fraction of sp³-hybridized carbons (Fsp3) is 0.333. The molecule has 3 rings (SSSR count). The molecule has 1 aliphatic carbocycles. The van der Waals surface area contributed by atoms with Crippen LogP contribution in [0.4, 0.5) is 8.78 Å². The SMILES string of the molecule is OC[C@@H]1CCCc2c(F)ccc(F)c2[C@H]1Sc1ccc(Cl)cc1. The van der Waals surface area contributed by atoms with Crippen LogP contribution in [0.5, 0.6) is 0 Å². The summed E-state index contributed by atoms with van der Waals surface area (Å²) in [6.45, 7) is -0.0410. The molecule has 2 atom stereocenters. The maximum absolute atomic E-state index is 14.5. The average molecular weight is 355 g/mol. The molecule has 0 radical (unpaired) electrons. The Morgan fingerprint density at radius 2 is 1.78 bits per heavy atom. The molecule has 23 heavy (non-hydrogen) atoms. The number of thioether (sulfide) groups is 1. The number of benzene rings is 2. The highest BCUT2D eigenvalue weighted by molar-refractivity contribution is 7.99. The molecule has 122 valence electrons. The van der Waals surface area contributed by atoms with Crippen LogP contribution >= 0.6 is 23.4 Å². The van der Waals surface area contributed by atoms with Gasteiger partial charge in [-0.3, -0.25) is 0 Å². The summed E-state index contributed by atoms with van der Waals surface area (Å²) in [5.74, 6) is -0.858. The van der Waals surface area contributed by atoms with E-state index in [4.69, 9.17) is 11.6 Å². The highest BCUT2D eigenvalue weighted by atomic mass is 35.5. The van der Waals surface area contributed by atoms with Gasteiger partial charge in [0.15, 0.2) is 0 Å². The minimum atomic E-state index is -0.395. The number of aliphatic hydroxyl groups is 1. The van der Waals surface area contributed by atoms with Gasteiger partial charge in [-0.2, -0.15) is 0 Å². The number of hydrogen-bond acceptors (Lipinski definition) is 2. The van der Waals surface area contributed by atoms with E-state index in [-0.39, 0.29) is 23.6 Å². The van der Waals surface area contributed by atoms with Gasteiger partial charge in [0.05, 0.1) is 0 Å². The first-order chi connectivity index (χ1) is 11.1. The molecule has 1 nitrogen and oxygen atoms in total. The summed E-state index contributed by atoms with van der Waals surface area (Å²) in [7, 11) is 0. The first-order valence-electron chi connectivity index (χ1n) is 7.60. The van der Waals surface area contributed by atoms with Crippen LogP contribution in [0.3, 0.4) is 0 Å². The molecular formula is C18H17ClF2OS. The zero-order chi connectivity index (χ0) is 16.4. The van der Waals surface area contributed by atoms with Crippen molar-refractivity contribution < 1.29 is 13.9 Å². The summed E-state index contributed by atoms with van der Waals surface area (Å²) in [4.78, 5) is 0.925. The van der Waals surface area contributed by atoms with Crippen molar-refractivity contribution in [2.75, 3.05) is 6.61 Å². The predicted octanol–water partition coefficient (Wildman–Crippen LogP) is 5.40. The van der Waals surface area contributed by atoms with Gasteiger partial charge in [-0.15, -0.1) is 11.8 Å². The number of halogens is 3. The fourth-order valence-corrected chi connectivity index (χ4v) is 4.60. The van der Waals surface area contributed by atoms with Crippen LogP contribution < -0.4 is 0 Å². The third-order valence-corrected chi connectivity index (χ3v) is 5.94. The average Bonchev–Trinajstić information content (AvgIpc) is 2.73. The van der Waals surface area contributed by atoms with Gasteiger partial charge in [-0.25, -0.2) is 8.78 Å². The second kappa shape index (κ2) is 7.20. The summed E-state index contributed by atoms with van der Waals surface area (Å²) >= 11 is 7.36. The Hall–Kier alpha value is -1.10.